The molecule has 1 spiro atoms. The zero-order valence-corrected chi connectivity index (χ0v) is 12.6. The zero-order valence-electron chi connectivity index (χ0n) is 12.6. The van der Waals surface area contributed by atoms with Gasteiger partial charge in [0.2, 0.25) is 0 Å². The van der Waals surface area contributed by atoms with Gasteiger partial charge in [-0.05, 0) is 24.5 Å². The van der Waals surface area contributed by atoms with Gasteiger partial charge >= 0.3 is 0 Å². The van der Waals surface area contributed by atoms with Gasteiger partial charge in [0.15, 0.2) is 5.78 Å². The molecule has 4 rings (SSSR count). The van der Waals surface area contributed by atoms with Crippen LogP contribution in [0.15, 0.2) is 23.9 Å². The SMILES string of the molecule is N#CC1=C(N2CC3(CCCCC3)C2)c2ncccc2CC1=O. The molecule has 0 amide bonds. The summed E-state index contributed by atoms with van der Waals surface area (Å²) in [6, 6.07) is 5.94. The summed E-state index contributed by atoms with van der Waals surface area (Å²) in [5.41, 5.74) is 3.29. The van der Waals surface area contributed by atoms with Gasteiger partial charge in [0, 0.05) is 31.1 Å². The van der Waals surface area contributed by atoms with Crippen molar-refractivity contribution >= 4 is 11.5 Å². The van der Waals surface area contributed by atoms with Crippen LogP contribution in [0.25, 0.3) is 5.70 Å². The van der Waals surface area contributed by atoms with E-state index in [1.807, 2.05) is 12.1 Å². The molecule has 0 aromatic carbocycles. The number of Topliss-reactive ketones (excluding diaryl/α,β-unsaturated/α-hetero) is 1. The van der Waals surface area contributed by atoms with Crippen molar-refractivity contribution in [1.82, 2.24) is 9.88 Å². The molecule has 1 aromatic heterocycles. The van der Waals surface area contributed by atoms with Crippen LogP contribution >= 0.6 is 0 Å². The van der Waals surface area contributed by atoms with E-state index < -0.39 is 0 Å². The minimum atomic E-state index is -0.0670. The van der Waals surface area contributed by atoms with Crippen LogP contribution in [0.2, 0.25) is 0 Å². The number of aromatic nitrogens is 1. The van der Waals surface area contributed by atoms with Crippen LogP contribution in [0, 0.1) is 16.7 Å². The molecule has 4 heteroatoms. The zero-order chi connectivity index (χ0) is 15.2. The lowest BCUT2D eigenvalue weighted by Gasteiger charge is -2.54. The van der Waals surface area contributed by atoms with E-state index in [2.05, 4.69) is 16.0 Å². The monoisotopic (exact) mass is 293 g/mol. The minimum absolute atomic E-state index is 0.0670. The number of carbonyl (C=O) groups excluding carboxylic acids is 1. The van der Waals surface area contributed by atoms with Gasteiger partial charge in [0.1, 0.15) is 11.6 Å². The highest BCUT2D eigenvalue weighted by Crippen LogP contribution is 2.47. The molecular formula is C18H19N3O. The fourth-order valence-electron chi connectivity index (χ4n) is 4.27. The number of nitrogens with zero attached hydrogens (tertiary/aromatic N) is 3. The molecule has 0 atom stereocenters. The van der Waals surface area contributed by atoms with Gasteiger partial charge in [-0.2, -0.15) is 5.26 Å². The topological polar surface area (TPSA) is 57.0 Å². The predicted molar refractivity (Wildman–Crippen MR) is 82.6 cm³/mol. The van der Waals surface area contributed by atoms with Crippen LogP contribution in [0.1, 0.15) is 43.4 Å². The number of allylic oxidation sites excluding steroid dienone is 1. The molecule has 0 radical (unpaired) electrons. The fraction of sp³-hybridized carbons (Fsp3) is 0.500. The highest BCUT2D eigenvalue weighted by atomic mass is 16.1. The second-order valence-electron chi connectivity index (χ2n) is 6.86. The Morgan fingerprint density at radius 1 is 1.23 bits per heavy atom. The molecule has 1 aromatic rings. The van der Waals surface area contributed by atoms with Crippen LogP contribution in [-0.4, -0.2) is 28.8 Å². The second-order valence-corrected chi connectivity index (χ2v) is 6.86. The van der Waals surface area contributed by atoms with Crippen molar-refractivity contribution < 1.29 is 4.79 Å². The average molecular weight is 293 g/mol. The molecular weight excluding hydrogens is 274 g/mol. The van der Waals surface area contributed by atoms with Gasteiger partial charge in [-0.25, -0.2) is 0 Å². The van der Waals surface area contributed by atoms with Crippen molar-refractivity contribution in [2.24, 2.45) is 5.41 Å². The second kappa shape index (κ2) is 4.95. The Balaban J connectivity index is 1.70. The highest BCUT2D eigenvalue weighted by Gasteiger charge is 2.46. The maximum Gasteiger partial charge on any atom is 0.180 e. The van der Waals surface area contributed by atoms with E-state index in [0.29, 0.717) is 17.4 Å². The number of likely N-dealkylation sites (tertiary alicyclic amines) is 1. The van der Waals surface area contributed by atoms with E-state index in [4.69, 9.17) is 0 Å². The number of hydrogen-bond acceptors (Lipinski definition) is 4. The number of rotatable bonds is 1. The summed E-state index contributed by atoms with van der Waals surface area (Å²) in [4.78, 5) is 19.0. The van der Waals surface area contributed by atoms with Gasteiger partial charge < -0.3 is 4.90 Å². The maximum atomic E-state index is 12.3. The first-order valence-corrected chi connectivity index (χ1v) is 8.09. The van der Waals surface area contributed by atoms with Crippen LogP contribution in [-0.2, 0) is 11.2 Å². The van der Waals surface area contributed by atoms with Crippen LogP contribution < -0.4 is 0 Å². The molecule has 3 aliphatic rings. The number of ketones is 1. The molecule has 4 nitrogen and oxygen atoms in total. The maximum absolute atomic E-state index is 12.3. The molecule has 1 saturated heterocycles. The number of pyridine rings is 1. The smallest absolute Gasteiger partial charge is 0.180 e. The Morgan fingerprint density at radius 3 is 2.73 bits per heavy atom. The average Bonchev–Trinajstić information content (AvgIpc) is 2.52. The lowest BCUT2D eigenvalue weighted by atomic mass is 9.68. The van der Waals surface area contributed by atoms with Crippen molar-refractivity contribution in [3.63, 3.8) is 0 Å². The van der Waals surface area contributed by atoms with E-state index >= 15 is 0 Å². The van der Waals surface area contributed by atoms with Crippen molar-refractivity contribution in [1.29, 1.82) is 5.26 Å². The molecule has 1 aliphatic heterocycles. The summed E-state index contributed by atoms with van der Waals surface area (Å²) in [5, 5.41) is 9.44. The first-order chi connectivity index (χ1) is 10.7. The summed E-state index contributed by atoms with van der Waals surface area (Å²) < 4.78 is 0. The Labute approximate surface area is 130 Å². The van der Waals surface area contributed by atoms with Crippen molar-refractivity contribution in [3.05, 3.63) is 35.2 Å². The van der Waals surface area contributed by atoms with E-state index in [-0.39, 0.29) is 5.78 Å². The first-order valence-electron chi connectivity index (χ1n) is 8.09. The number of nitriles is 1. The molecule has 2 fully saturated rings. The van der Waals surface area contributed by atoms with Gasteiger partial charge in [-0.15, -0.1) is 0 Å². The molecule has 1 saturated carbocycles. The third-order valence-corrected chi connectivity index (χ3v) is 5.38. The van der Waals surface area contributed by atoms with Gasteiger partial charge in [0.25, 0.3) is 0 Å². The Bertz CT molecular complexity index is 699. The summed E-state index contributed by atoms with van der Waals surface area (Å²) in [7, 11) is 0. The molecule has 2 aliphatic carbocycles. The normalized spacial score (nSPS) is 23.0. The molecule has 22 heavy (non-hydrogen) atoms. The number of hydrogen-bond donors (Lipinski definition) is 0. The van der Waals surface area contributed by atoms with E-state index in [1.54, 1.807) is 6.20 Å². The Hall–Kier alpha value is -2.15. The standard InChI is InChI=1S/C18H19N3O/c19-10-14-15(22)9-13-5-4-8-20-16(13)17(14)21-11-18(12-21)6-2-1-3-7-18/h4-5,8H,1-3,6-7,9,11-12H2. The van der Waals surface area contributed by atoms with E-state index in [0.717, 1.165) is 30.0 Å². The predicted octanol–water partition coefficient (Wildman–Crippen LogP) is 2.71. The van der Waals surface area contributed by atoms with Crippen LogP contribution in [0.5, 0.6) is 0 Å². The molecule has 0 unspecified atom stereocenters. The summed E-state index contributed by atoms with van der Waals surface area (Å²) in [6.45, 7) is 1.94. The minimum Gasteiger partial charge on any atom is -0.367 e. The molecule has 2 heterocycles. The van der Waals surface area contributed by atoms with Crippen molar-refractivity contribution in [2.45, 2.75) is 38.5 Å². The molecule has 112 valence electrons. The number of carbonyl (C=O) groups is 1. The number of fused-ring (bicyclic) bond motifs is 1. The quantitative estimate of drug-likeness (QED) is 0.799. The van der Waals surface area contributed by atoms with Crippen molar-refractivity contribution in [3.8, 4) is 6.07 Å². The Morgan fingerprint density at radius 2 is 2.00 bits per heavy atom. The van der Waals surface area contributed by atoms with Crippen molar-refractivity contribution in [2.75, 3.05) is 13.1 Å². The van der Waals surface area contributed by atoms with Crippen LogP contribution in [0.4, 0.5) is 0 Å². The van der Waals surface area contributed by atoms with Gasteiger partial charge in [-0.3, -0.25) is 9.78 Å². The molecule has 0 bridgehead atoms. The summed E-state index contributed by atoms with van der Waals surface area (Å²) in [5.74, 6) is -0.0670. The van der Waals surface area contributed by atoms with Crippen LogP contribution in [0.3, 0.4) is 0 Å². The first kappa shape index (κ1) is 13.5. The summed E-state index contributed by atoms with van der Waals surface area (Å²) in [6.07, 6.45) is 8.58. The Kier molecular flexibility index (Phi) is 3.04. The van der Waals surface area contributed by atoms with E-state index in [1.165, 1.54) is 32.1 Å². The molecule has 0 N–H and O–H groups in total. The van der Waals surface area contributed by atoms with E-state index in [9.17, 15) is 10.1 Å². The fourth-order valence-corrected chi connectivity index (χ4v) is 4.27. The third kappa shape index (κ3) is 1.96. The van der Waals surface area contributed by atoms with Gasteiger partial charge in [-0.1, -0.05) is 25.3 Å². The lowest BCUT2D eigenvalue weighted by Crippen LogP contribution is -2.56. The third-order valence-electron chi connectivity index (χ3n) is 5.38. The van der Waals surface area contributed by atoms with Gasteiger partial charge in [0.05, 0.1) is 11.4 Å². The highest BCUT2D eigenvalue weighted by molar-refractivity contribution is 6.09. The lowest BCUT2D eigenvalue weighted by molar-refractivity contribution is -0.114. The summed E-state index contributed by atoms with van der Waals surface area (Å²) >= 11 is 0. The largest absolute Gasteiger partial charge is 0.367 e.